The van der Waals surface area contributed by atoms with Crippen LogP contribution in [0, 0.1) is 5.92 Å². The van der Waals surface area contributed by atoms with E-state index in [4.69, 9.17) is 4.74 Å². The second-order valence-electron chi connectivity index (χ2n) is 6.64. The standard InChI is InChI=1S/C16H16O3.C4H10/c1-16(2,12-3-7-14(18)8-4-12)13-5-9-15(10-6-13)19-11-17;1-4(2)3/h3-11,18H,1-2H3;4H,1-3H3. The van der Waals surface area contributed by atoms with Crippen molar-refractivity contribution in [3.05, 3.63) is 59.7 Å². The van der Waals surface area contributed by atoms with E-state index in [2.05, 4.69) is 34.6 Å². The minimum Gasteiger partial charge on any atom is -0.508 e. The number of phenolic OH excluding ortho intramolecular Hbond substituents is 1. The lowest BCUT2D eigenvalue weighted by Gasteiger charge is -2.26. The molecular formula is C20H26O3. The van der Waals surface area contributed by atoms with E-state index in [9.17, 15) is 9.90 Å². The highest BCUT2D eigenvalue weighted by atomic mass is 16.5. The molecule has 0 fully saturated rings. The third-order valence-electron chi connectivity index (χ3n) is 3.35. The van der Waals surface area contributed by atoms with Gasteiger partial charge in [0, 0.05) is 5.41 Å². The van der Waals surface area contributed by atoms with Crippen molar-refractivity contribution in [2.45, 2.75) is 40.0 Å². The fourth-order valence-corrected chi connectivity index (χ4v) is 2.05. The van der Waals surface area contributed by atoms with Crippen LogP contribution in [-0.4, -0.2) is 11.6 Å². The molecule has 2 aromatic rings. The van der Waals surface area contributed by atoms with Gasteiger partial charge in [0.05, 0.1) is 0 Å². The Labute approximate surface area is 138 Å². The largest absolute Gasteiger partial charge is 0.508 e. The summed E-state index contributed by atoms with van der Waals surface area (Å²) in [5.74, 6) is 1.62. The minimum absolute atomic E-state index is 0.187. The fraction of sp³-hybridized carbons (Fsp3) is 0.350. The molecule has 2 rings (SSSR count). The predicted octanol–water partition coefficient (Wildman–Crippen LogP) is 4.92. The lowest BCUT2D eigenvalue weighted by atomic mass is 9.78. The molecular weight excluding hydrogens is 288 g/mol. The summed E-state index contributed by atoms with van der Waals surface area (Å²) in [6.45, 7) is 11.1. The highest BCUT2D eigenvalue weighted by Gasteiger charge is 2.22. The third-order valence-corrected chi connectivity index (χ3v) is 3.35. The number of aromatic hydroxyl groups is 1. The van der Waals surface area contributed by atoms with Gasteiger partial charge in [0.15, 0.2) is 0 Å². The van der Waals surface area contributed by atoms with Crippen LogP contribution in [0.2, 0.25) is 0 Å². The van der Waals surface area contributed by atoms with E-state index in [1.54, 1.807) is 24.3 Å². The summed E-state index contributed by atoms with van der Waals surface area (Å²) < 4.78 is 4.78. The predicted molar refractivity (Wildman–Crippen MR) is 93.9 cm³/mol. The number of rotatable bonds is 4. The molecule has 2 aromatic carbocycles. The van der Waals surface area contributed by atoms with E-state index >= 15 is 0 Å². The van der Waals surface area contributed by atoms with Gasteiger partial charge in [0.1, 0.15) is 11.5 Å². The van der Waals surface area contributed by atoms with Gasteiger partial charge in [-0.15, -0.1) is 0 Å². The maximum absolute atomic E-state index is 10.3. The molecule has 0 aliphatic heterocycles. The van der Waals surface area contributed by atoms with Crippen LogP contribution in [0.3, 0.4) is 0 Å². The topological polar surface area (TPSA) is 46.5 Å². The fourth-order valence-electron chi connectivity index (χ4n) is 2.05. The Hall–Kier alpha value is -2.29. The molecule has 0 amide bonds. The Morgan fingerprint density at radius 3 is 1.70 bits per heavy atom. The quantitative estimate of drug-likeness (QED) is 0.815. The van der Waals surface area contributed by atoms with Crippen molar-refractivity contribution in [3.63, 3.8) is 0 Å². The van der Waals surface area contributed by atoms with Crippen LogP contribution in [0.5, 0.6) is 11.5 Å². The van der Waals surface area contributed by atoms with E-state index in [0.29, 0.717) is 12.2 Å². The third kappa shape index (κ3) is 5.78. The lowest BCUT2D eigenvalue weighted by molar-refractivity contribution is -0.120. The molecule has 0 spiro atoms. The van der Waals surface area contributed by atoms with Crippen molar-refractivity contribution in [2.24, 2.45) is 5.92 Å². The summed E-state index contributed by atoms with van der Waals surface area (Å²) in [7, 11) is 0. The summed E-state index contributed by atoms with van der Waals surface area (Å²) in [4.78, 5) is 10.3. The number of phenols is 1. The second kappa shape index (κ2) is 8.37. The van der Waals surface area contributed by atoms with Crippen molar-refractivity contribution in [2.75, 3.05) is 0 Å². The molecule has 0 bridgehead atoms. The maximum atomic E-state index is 10.3. The highest BCUT2D eigenvalue weighted by Crippen LogP contribution is 2.33. The Morgan fingerprint density at radius 2 is 1.30 bits per heavy atom. The minimum atomic E-state index is -0.187. The number of ether oxygens (including phenoxy) is 1. The van der Waals surface area contributed by atoms with Crippen LogP contribution in [0.25, 0.3) is 0 Å². The first kappa shape index (κ1) is 18.8. The van der Waals surface area contributed by atoms with Crippen LogP contribution in [-0.2, 0) is 10.2 Å². The van der Waals surface area contributed by atoms with Gasteiger partial charge in [-0.25, -0.2) is 0 Å². The average molecular weight is 314 g/mol. The highest BCUT2D eigenvalue weighted by molar-refractivity contribution is 5.47. The monoisotopic (exact) mass is 314 g/mol. The number of carbonyl (C=O) groups is 1. The van der Waals surface area contributed by atoms with E-state index in [1.807, 2.05) is 24.3 Å². The molecule has 0 aromatic heterocycles. The first-order valence-corrected chi connectivity index (χ1v) is 7.77. The zero-order chi connectivity index (χ0) is 17.5. The molecule has 0 saturated carbocycles. The first-order valence-electron chi connectivity index (χ1n) is 7.77. The van der Waals surface area contributed by atoms with Gasteiger partial charge in [0.2, 0.25) is 0 Å². The smallest absolute Gasteiger partial charge is 0.298 e. The van der Waals surface area contributed by atoms with Crippen LogP contribution >= 0.6 is 0 Å². The SMILES string of the molecule is CC(C)(c1ccc(O)cc1)c1ccc(OC=O)cc1.CC(C)C. The Balaban J connectivity index is 0.000000593. The van der Waals surface area contributed by atoms with Gasteiger partial charge in [0.25, 0.3) is 6.47 Å². The van der Waals surface area contributed by atoms with Gasteiger partial charge in [-0.3, -0.25) is 4.79 Å². The molecule has 23 heavy (non-hydrogen) atoms. The van der Waals surface area contributed by atoms with Gasteiger partial charge < -0.3 is 9.84 Å². The normalized spacial score (nSPS) is 10.7. The maximum Gasteiger partial charge on any atom is 0.298 e. The van der Waals surface area contributed by atoms with E-state index < -0.39 is 0 Å². The molecule has 0 heterocycles. The van der Waals surface area contributed by atoms with Crippen molar-refractivity contribution < 1.29 is 14.6 Å². The van der Waals surface area contributed by atoms with Crippen molar-refractivity contribution in [1.29, 1.82) is 0 Å². The number of benzene rings is 2. The molecule has 124 valence electrons. The molecule has 0 radical (unpaired) electrons. The van der Waals surface area contributed by atoms with Crippen molar-refractivity contribution in [3.8, 4) is 11.5 Å². The summed E-state index contributed by atoms with van der Waals surface area (Å²) in [6, 6.07) is 14.6. The van der Waals surface area contributed by atoms with E-state index in [0.717, 1.165) is 17.0 Å². The average Bonchev–Trinajstić information content (AvgIpc) is 2.48. The molecule has 1 N–H and O–H groups in total. The number of hydrogen-bond acceptors (Lipinski definition) is 3. The van der Waals surface area contributed by atoms with Gasteiger partial charge in [-0.05, 0) is 41.3 Å². The molecule has 0 aliphatic carbocycles. The molecule has 0 atom stereocenters. The summed E-state index contributed by atoms with van der Waals surface area (Å²) >= 11 is 0. The van der Waals surface area contributed by atoms with Gasteiger partial charge in [-0.2, -0.15) is 0 Å². The zero-order valence-corrected chi connectivity index (χ0v) is 14.5. The Kier molecular flexibility index (Phi) is 6.83. The molecule has 0 unspecified atom stereocenters. The first-order chi connectivity index (χ1) is 10.8. The van der Waals surface area contributed by atoms with Crippen LogP contribution in [0.4, 0.5) is 0 Å². The van der Waals surface area contributed by atoms with Crippen molar-refractivity contribution >= 4 is 6.47 Å². The summed E-state index contributed by atoms with van der Waals surface area (Å²) in [6.07, 6.45) is 0. The molecule has 3 heteroatoms. The number of hydrogen-bond donors (Lipinski definition) is 1. The molecule has 0 saturated heterocycles. The van der Waals surface area contributed by atoms with Crippen LogP contribution in [0.15, 0.2) is 48.5 Å². The second-order valence-corrected chi connectivity index (χ2v) is 6.64. The van der Waals surface area contributed by atoms with Gasteiger partial charge in [-0.1, -0.05) is 58.9 Å². The summed E-state index contributed by atoms with van der Waals surface area (Å²) in [5, 5.41) is 9.34. The van der Waals surface area contributed by atoms with Crippen molar-refractivity contribution in [1.82, 2.24) is 0 Å². The Bertz CT molecular complexity index is 593. The van der Waals surface area contributed by atoms with Crippen LogP contribution in [0.1, 0.15) is 45.7 Å². The molecule has 0 aliphatic rings. The molecule has 3 nitrogen and oxygen atoms in total. The lowest BCUT2D eigenvalue weighted by Crippen LogP contribution is -2.18. The zero-order valence-electron chi connectivity index (χ0n) is 14.5. The van der Waals surface area contributed by atoms with E-state index in [-0.39, 0.29) is 11.2 Å². The summed E-state index contributed by atoms with van der Waals surface area (Å²) in [5.41, 5.74) is 2.03. The Morgan fingerprint density at radius 1 is 0.913 bits per heavy atom. The number of carbonyl (C=O) groups excluding carboxylic acids is 1. The van der Waals surface area contributed by atoms with E-state index in [1.165, 1.54) is 0 Å². The van der Waals surface area contributed by atoms with Gasteiger partial charge >= 0.3 is 0 Å². The van der Waals surface area contributed by atoms with Crippen LogP contribution < -0.4 is 4.74 Å².